The van der Waals surface area contributed by atoms with Crippen LogP contribution >= 0.6 is 0 Å². The Morgan fingerprint density at radius 2 is 2.55 bits per heavy atom. The lowest BCUT2D eigenvalue weighted by molar-refractivity contribution is 0.156. The average molecular weight is 152 g/mol. The lowest BCUT2D eigenvalue weighted by Gasteiger charge is -2.17. The van der Waals surface area contributed by atoms with Gasteiger partial charge < -0.3 is 5.11 Å². The van der Waals surface area contributed by atoms with E-state index in [4.69, 9.17) is 0 Å². The maximum absolute atomic E-state index is 9.52. The Bertz CT molecular complexity index is 267. The van der Waals surface area contributed by atoms with Crippen molar-refractivity contribution >= 4 is 0 Å². The largest absolute Gasteiger partial charge is 0.388 e. The van der Waals surface area contributed by atoms with Gasteiger partial charge in [0.05, 0.1) is 12.3 Å². The van der Waals surface area contributed by atoms with Gasteiger partial charge in [0.2, 0.25) is 0 Å². The van der Waals surface area contributed by atoms with Crippen molar-refractivity contribution in [2.75, 3.05) is 0 Å². The van der Waals surface area contributed by atoms with Crippen molar-refractivity contribution in [2.24, 2.45) is 7.05 Å². The molecule has 1 aliphatic carbocycles. The molecule has 1 atom stereocenters. The SMILES string of the molecule is Cn1ncc2c1CCC[C@H]2O. The predicted molar refractivity (Wildman–Crippen MR) is 41.1 cm³/mol. The van der Waals surface area contributed by atoms with Crippen LogP contribution in [0.5, 0.6) is 0 Å². The molecule has 0 saturated heterocycles. The summed E-state index contributed by atoms with van der Waals surface area (Å²) < 4.78 is 1.86. The van der Waals surface area contributed by atoms with Gasteiger partial charge in [0.1, 0.15) is 0 Å². The highest BCUT2D eigenvalue weighted by atomic mass is 16.3. The summed E-state index contributed by atoms with van der Waals surface area (Å²) in [6.07, 6.45) is 4.53. The highest BCUT2D eigenvalue weighted by molar-refractivity contribution is 5.22. The molecule has 0 aromatic carbocycles. The van der Waals surface area contributed by atoms with Gasteiger partial charge in [-0.1, -0.05) is 0 Å². The van der Waals surface area contributed by atoms with Crippen LogP contribution in [0.2, 0.25) is 0 Å². The molecule has 1 heterocycles. The van der Waals surface area contributed by atoms with Crippen molar-refractivity contribution in [1.82, 2.24) is 9.78 Å². The van der Waals surface area contributed by atoms with Crippen molar-refractivity contribution in [3.8, 4) is 0 Å². The third-order valence-corrected chi connectivity index (χ3v) is 2.34. The first-order chi connectivity index (χ1) is 5.29. The average Bonchev–Trinajstić information content (AvgIpc) is 2.35. The van der Waals surface area contributed by atoms with Crippen molar-refractivity contribution in [2.45, 2.75) is 25.4 Å². The predicted octanol–water partition coefficient (Wildman–Crippen LogP) is 0.790. The second-order valence-corrected chi connectivity index (χ2v) is 3.08. The van der Waals surface area contributed by atoms with Gasteiger partial charge in [-0.05, 0) is 19.3 Å². The van der Waals surface area contributed by atoms with E-state index in [2.05, 4.69) is 5.10 Å². The first-order valence-electron chi connectivity index (χ1n) is 3.98. The molecule has 1 aromatic rings. The van der Waals surface area contributed by atoms with E-state index in [1.54, 1.807) is 6.20 Å². The molecule has 0 amide bonds. The Morgan fingerprint density at radius 1 is 1.73 bits per heavy atom. The molecule has 11 heavy (non-hydrogen) atoms. The minimum Gasteiger partial charge on any atom is -0.388 e. The van der Waals surface area contributed by atoms with E-state index in [-0.39, 0.29) is 6.10 Å². The van der Waals surface area contributed by atoms with E-state index < -0.39 is 0 Å². The third kappa shape index (κ3) is 0.959. The second kappa shape index (κ2) is 2.34. The smallest absolute Gasteiger partial charge is 0.0823 e. The molecule has 1 aliphatic rings. The van der Waals surface area contributed by atoms with E-state index in [0.29, 0.717) is 0 Å². The van der Waals surface area contributed by atoms with E-state index in [1.165, 1.54) is 5.69 Å². The number of aliphatic hydroxyl groups excluding tert-OH is 1. The number of hydrogen-bond acceptors (Lipinski definition) is 2. The van der Waals surface area contributed by atoms with Crippen LogP contribution in [0.4, 0.5) is 0 Å². The van der Waals surface area contributed by atoms with E-state index in [9.17, 15) is 5.11 Å². The summed E-state index contributed by atoms with van der Waals surface area (Å²) in [5.74, 6) is 0. The summed E-state index contributed by atoms with van der Waals surface area (Å²) >= 11 is 0. The van der Waals surface area contributed by atoms with Gasteiger partial charge >= 0.3 is 0 Å². The molecule has 3 heteroatoms. The number of rotatable bonds is 0. The van der Waals surface area contributed by atoms with Crippen molar-refractivity contribution in [3.05, 3.63) is 17.5 Å². The van der Waals surface area contributed by atoms with Crippen LogP contribution in [0.3, 0.4) is 0 Å². The van der Waals surface area contributed by atoms with Gasteiger partial charge in [0, 0.05) is 18.3 Å². The highest BCUT2D eigenvalue weighted by Crippen LogP contribution is 2.28. The minimum absolute atomic E-state index is 0.271. The number of nitrogens with zero attached hydrogens (tertiary/aromatic N) is 2. The highest BCUT2D eigenvalue weighted by Gasteiger charge is 2.20. The fourth-order valence-electron chi connectivity index (χ4n) is 1.68. The Kier molecular flexibility index (Phi) is 1.46. The zero-order valence-corrected chi connectivity index (χ0v) is 6.62. The Labute approximate surface area is 65.7 Å². The van der Waals surface area contributed by atoms with Crippen molar-refractivity contribution in [1.29, 1.82) is 0 Å². The van der Waals surface area contributed by atoms with Crippen LogP contribution in [0.1, 0.15) is 30.2 Å². The molecular weight excluding hydrogens is 140 g/mol. The second-order valence-electron chi connectivity index (χ2n) is 3.08. The molecule has 3 nitrogen and oxygen atoms in total. The van der Waals surface area contributed by atoms with Crippen LogP contribution in [0.15, 0.2) is 6.20 Å². The summed E-state index contributed by atoms with van der Waals surface area (Å²) in [7, 11) is 1.93. The lowest BCUT2D eigenvalue weighted by Crippen LogP contribution is -2.10. The summed E-state index contributed by atoms with van der Waals surface area (Å²) in [6, 6.07) is 0. The summed E-state index contributed by atoms with van der Waals surface area (Å²) in [5.41, 5.74) is 2.22. The van der Waals surface area contributed by atoms with Crippen LogP contribution in [0.25, 0.3) is 0 Å². The fourth-order valence-corrected chi connectivity index (χ4v) is 1.68. The number of aryl methyl sites for hydroxylation is 1. The topological polar surface area (TPSA) is 38.0 Å². The molecule has 0 radical (unpaired) electrons. The number of aliphatic hydroxyl groups is 1. The first kappa shape index (κ1) is 6.85. The lowest BCUT2D eigenvalue weighted by atomic mass is 9.95. The molecule has 0 fully saturated rings. The maximum atomic E-state index is 9.52. The van der Waals surface area contributed by atoms with E-state index in [1.807, 2.05) is 11.7 Å². The Hall–Kier alpha value is -0.830. The van der Waals surface area contributed by atoms with E-state index >= 15 is 0 Å². The molecule has 2 rings (SSSR count). The van der Waals surface area contributed by atoms with Crippen molar-refractivity contribution < 1.29 is 5.11 Å². The fraction of sp³-hybridized carbons (Fsp3) is 0.625. The quantitative estimate of drug-likeness (QED) is 0.597. The van der Waals surface area contributed by atoms with Crippen LogP contribution in [-0.2, 0) is 13.5 Å². The number of fused-ring (bicyclic) bond motifs is 1. The Morgan fingerprint density at radius 3 is 3.27 bits per heavy atom. The molecule has 1 N–H and O–H groups in total. The van der Waals surface area contributed by atoms with Crippen LogP contribution in [0, 0.1) is 0 Å². The van der Waals surface area contributed by atoms with E-state index in [0.717, 1.165) is 24.8 Å². The molecule has 0 saturated carbocycles. The van der Waals surface area contributed by atoms with Gasteiger partial charge in [-0.25, -0.2) is 0 Å². The summed E-state index contributed by atoms with van der Waals surface area (Å²) in [5, 5.41) is 13.6. The number of hydrogen-bond donors (Lipinski definition) is 1. The summed E-state index contributed by atoms with van der Waals surface area (Å²) in [4.78, 5) is 0. The van der Waals surface area contributed by atoms with Crippen LogP contribution in [-0.4, -0.2) is 14.9 Å². The van der Waals surface area contributed by atoms with Crippen molar-refractivity contribution in [3.63, 3.8) is 0 Å². The van der Waals surface area contributed by atoms with Gasteiger partial charge in [0.25, 0.3) is 0 Å². The molecule has 0 bridgehead atoms. The normalized spacial score (nSPS) is 23.3. The monoisotopic (exact) mass is 152 g/mol. The standard InChI is InChI=1S/C8H12N2O/c1-10-7-3-2-4-8(11)6(7)5-9-10/h5,8,11H,2-4H2,1H3/t8-/m1/s1. The third-order valence-electron chi connectivity index (χ3n) is 2.34. The number of aromatic nitrogens is 2. The zero-order valence-electron chi connectivity index (χ0n) is 6.62. The van der Waals surface area contributed by atoms with Gasteiger partial charge in [0.15, 0.2) is 0 Å². The maximum Gasteiger partial charge on any atom is 0.0823 e. The molecular formula is C8H12N2O. The van der Waals surface area contributed by atoms with Gasteiger partial charge in [-0.2, -0.15) is 5.10 Å². The summed E-state index contributed by atoms with van der Waals surface area (Å²) in [6.45, 7) is 0. The Balaban J connectivity index is 2.46. The zero-order chi connectivity index (χ0) is 7.84. The molecule has 1 aromatic heterocycles. The van der Waals surface area contributed by atoms with Gasteiger partial charge in [-0.15, -0.1) is 0 Å². The molecule has 60 valence electrons. The molecule has 0 unspecified atom stereocenters. The van der Waals surface area contributed by atoms with Gasteiger partial charge in [-0.3, -0.25) is 4.68 Å². The first-order valence-corrected chi connectivity index (χ1v) is 3.98. The van der Waals surface area contributed by atoms with Crippen LogP contribution < -0.4 is 0 Å². The molecule has 0 spiro atoms. The molecule has 0 aliphatic heterocycles. The minimum atomic E-state index is -0.271.